The summed E-state index contributed by atoms with van der Waals surface area (Å²) in [5.41, 5.74) is 0.116. The molecule has 2 bridgehead atoms. The first kappa shape index (κ1) is 31.6. The maximum absolute atomic E-state index is 14.3. The first-order chi connectivity index (χ1) is 21.0. The van der Waals surface area contributed by atoms with E-state index in [1.807, 2.05) is 30.3 Å². The lowest BCUT2D eigenvalue weighted by atomic mass is 9.80. The van der Waals surface area contributed by atoms with Crippen LogP contribution >= 0.6 is 11.6 Å². The largest absolute Gasteiger partial charge is 0.466 e. The Hall–Kier alpha value is -3.79. The fraction of sp³-hybridized carbons (Fsp3) is 0.424. The number of halogens is 4. The molecule has 2 N–H and O–H groups in total. The minimum Gasteiger partial charge on any atom is -0.466 e. The standard InChI is InChI=1S/C33H35ClF3N3O4/c1-3-43-30(41)28-22-12-13-23(16-22)29(28)39-31(42)40-32(18-21-8-5-4-6-9-21,27-15-14-25(34)19-38-27)24-10-7-11-26(17-24)44-33(36,37)20(2)35/h4-11,14-15,17,19-20,22-23,28-29H,3,12-13,16,18H2,1-2H3,(H2,39,40,42)/t20?,22-,23+,28-,29+,32+/m0/s1. The zero-order chi connectivity index (χ0) is 31.5. The van der Waals surface area contributed by atoms with Gasteiger partial charge in [0.1, 0.15) is 11.3 Å². The Bertz CT molecular complexity index is 1460. The molecule has 1 unspecified atom stereocenters. The molecular weight excluding hydrogens is 595 g/mol. The molecular formula is C33H35ClF3N3O4. The molecule has 0 spiro atoms. The smallest absolute Gasteiger partial charge is 0.429 e. The van der Waals surface area contributed by atoms with Gasteiger partial charge in [0, 0.05) is 18.7 Å². The van der Waals surface area contributed by atoms with Gasteiger partial charge in [0.25, 0.3) is 0 Å². The van der Waals surface area contributed by atoms with E-state index in [1.54, 1.807) is 25.1 Å². The normalized spacial score (nSPS) is 23.0. The van der Waals surface area contributed by atoms with Crippen LogP contribution in [0.5, 0.6) is 5.75 Å². The fourth-order valence-corrected chi connectivity index (χ4v) is 6.68. The second kappa shape index (κ2) is 13.1. The Balaban J connectivity index is 1.56. The Morgan fingerprint density at radius 3 is 2.50 bits per heavy atom. The van der Waals surface area contributed by atoms with Crippen LogP contribution in [0, 0.1) is 17.8 Å². The number of carbonyl (C=O) groups excluding carboxylic acids is 2. The quantitative estimate of drug-likeness (QED) is 0.227. The lowest BCUT2D eigenvalue weighted by molar-refractivity contribution is -0.215. The average Bonchev–Trinajstić information content (AvgIpc) is 3.60. The van der Waals surface area contributed by atoms with Gasteiger partial charge in [-0.3, -0.25) is 9.78 Å². The number of amides is 2. The van der Waals surface area contributed by atoms with Crippen molar-refractivity contribution in [2.75, 3.05) is 6.61 Å². The van der Waals surface area contributed by atoms with E-state index in [1.165, 1.54) is 24.4 Å². The van der Waals surface area contributed by atoms with Gasteiger partial charge in [-0.15, -0.1) is 0 Å². The third kappa shape index (κ3) is 6.65. The molecule has 2 fully saturated rings. The maximum atomic E-state index is 14.3. The highest BCUT2D eigenvalue weighted by Crippen LogP contribution is 2.49. The predicted molar refractivity (Wildman–Crippen MR) is 159 cm³/mol. The van der Waals surface area contributed by atoms with E-state index in [0.717, 1.165) is 24.8 Å². The van der Waals surface area contributed by atoms with Crippen LogP contribution in [0.25, 0.3) is 0 Å². The van der Waals surface area contributed by atoms with Crippen molar-refractivity contribution in [3.05, 3.63) is 94.8 Å². The molecule has 1 aromatic heterocycles. The number of rotatable bonds is 11. The highest BCUT2D eigenvalue weighted by molar-refractivity contribution is 6.30. The van der Waals surface area contributed by atoms with Crippen molar-refractivity contribution < 1.29 is 32.2 Å². The molecule has 2 amide bonds. The number of nitrogens with one attached hydrogen (secondary N) is 2. The van der Waals surface area contributed by atoms with Gasteiger partial charge in [0.2, 0.25) is 6.17 Å². The number of benzene rings is 2. The number of hydrogen-bond donors (Lipinski definition) is 2. The minimum atomic E-state index is -4.08. The summed E-state index contributed by atoms with van der Waals surface area (Å²) in [5, 5.41) is 6.51. The summed E-state index contributed by atoms with van der Waals surface area (Å²) in [6.07, 6.45) is -2.43. The van der Waals surface area contributed by atoms with Gasteiger partial charge in [-0.2, -0.15) is 8.78 Å². The fourth-order valence-electron chi connectivity index (χ4n) is 6.57. The van der Waals surface area contributed by atoms with E-state index in [2.05, 4.69) is 15.6 Å². The summed E-state index contributed by atoms with van der Waals surface area (Å²) >= 11 is 6.18. The van der Waals surface area contributed by atoms with Crippen molar-refractivity contribution >= 4 is 23.6 Å². The lowest BCUT2D eigenvalue weighted by Crippen LogP contribution is -2.57. The molecule has 0 aliphatic heterocycles. The molecule has 2 aliphatic carbocycles. The van der Waals surface area contributed by atoms with Crippen LogP contribution in [0.2, 0.25) is 5.02 Å². The van der Waals surface area contributed by atoms with Crippen molar-refractivity contribution in [1.82, 2.24) is 15.6 Å². The van der Waals surface area contributed by atoms with E-state index < -0.39 is 35.8 Å². The summed E-state index contributed by atoms with van der Waals surface area (Å²) in [6, 6.07) is 17.3. The highest BCUT2D eigenvalue weighted by Gasteiger charge is 2.52. The maximum Gasteiger partial charge on any atom is 0.429 e. The molecule has 1 heterocycles. The SMILES string of the molecule is CCOC(=O)[C@H]1[C@H]2CC[C@H](C2)[C@H]1NC(=O)N[C@](Cc1ccccc1)(c1cccc(OC(F)(F)C(C)F)c1)c1ccc(Cl)cn1. The monoisotopic (exact) mass is 629 g/mol. The number of esters is 1. The molecule has 3 aromatic rings. The third-order valence-electron chi connectivity index (χ3n) is 8.62. The second-order valence-corrected chi connectivity index (χ2v) is 11.9. The highest BCUT2D eigenvalue weighted by atomic mass is 35.5. The van der Waals surface area contributed by atoms with Gasteiger partial charge < -0.3 is 20.1 Å². The van der Waals surface area contributed by atoms with Crippen LogP contribution in [0.3, 0.4) is 0 Å². The second-order valence-electron chi connectivity index (χ2n) is 11.5. The molecule has 2 saturated carbocycles. The zero-order valence-electron chi connectivity index (χ0n) is 24.4. The summed E-state index contributed by atoms with van der Waals surface area (Å²) < 4.78 is 52.4. The minimum absolute atomic E-state index is 0.124. The van der Waals surface area contributed by atoms with Gasteiger partial charge in [-0.25, -0.2) is 9.18 Å². The number of carbonyl (C=O) groups is 2. The molecule has 0 radical (unpaired) electrons. The van der Waals surface area contributed by atoms with Gasteiger partial charge in [0.15, 0.2) is 0 Å². The Kier molecular flexibility index (Phi) is 9.39. The van der Waals surface area contributed by atoms with E-state index in [-0.39, 0.29) is 36.6 Å². The molecule has 2 aromatic carbocycles. The van der Waals surface area contributed by atoms with Crippen molar-refractivity contribution in [3.8, 4) is 5.75 Å². The van der Waals surface area contributed by atoms with E-state index in [9.17, 15) is 22.8 Å². The number of aromatic nitrogens is 1. The number of pyridine rings is 1. The van der Waals surface area contributed by atoms with Gasteiger partial charge in [0.05, 0.1) is 23.2 Å². The summed E-state index contributed by atoms with van der Waals surface area (Å²) in [5.74, 6) is -0.823. The van der Waals surface area contributed by atoms with Crippen LogP contribution in [-0.2, 0) is 21.5 Å². The van der Waals surface area contributed by atoms with Crippen molar-refractivity contribution in [1.29, 1.82) is 0 Å². The van der Waals surface area contributed by atoms with Gasteiger partial charge in [-0.05, 0) is 80.3 Å². The number of alkyl halides is 3. The number of fused-ring (bicyclic) bond motifs is 2. The molecule has 7 nitrogen and oxygen atoms in total. The van der Waals surface area contributed by atoms with E-state index in [0.29, 0.717) is 23.2 Å². The number of urea groups is 1. The van der Waals surface area contributed by atoms with Crippen LogP contribution < -0.4 is 15.4 Å². The Labute approximate surface area is 259 Å². The molecule has 234 valence electrons. The lowest BCUT2D eigenvalue weighted by Gasteiger charge is -2.37. The molecule has 2 aliphatic rings. The average molecular weight is 630 g/mol. The van der Waals surface area contributed by atoms with Crippen LogP contribution in [-0.4, -0.2) is 41.9 Å². The predicted octanol–water partition coefficient (Wildman–Crippen LogP) is 6.83. The number of hydrogen-bond acceptors (Lipinski definition) is 5. The molecule has 11 heteroatoms. The van der Waals surface area contributed by atoms with Crippen molar-refractivity contribution in [2.45, 2.75) is 63.4 Å². The summed E-state index contributed by atoms with van der Waals surface area (Å²) in [6.45, 7) is 2.71. The first-order valence-electron chi connectivity index (χ1n) is 14.7. The van der Waals surface area contributed by atoms with Crippen molar-refractivity contribution in [3.63, 3.8) is 0 Å². The molecule has 44 heavy (non-hydrogen) atoms. The summed E-state index contributed by atoms with van der Waals surface area (Å²) in [4.78, 5) is 31.5. The number of ether oxygens (including phenoxy) is 2. The van der Waals surface area contributed by atoms with E-state index >= 15 is 0 Å². The molecule has 0 saturated heterocycles. The molecule has 6 atom stereocenters. The van der Waals surface area contributed by atoms with Gasteiger partial charge in [-0.1, -0.05) is 54.1 Å². The number of nitrogens with zero attached hydrogens (tertiary/aromatic N) is 1. The van der Waals surface area contributed by atoms with Crippen LogP contribution in [0.15, 0.2) is 72.9 Å². The zero-order valence-corrected chi connectivity index (χ0v) is 25.2. The Morgan fingerprint density at radius 2 is 1.82 bits per heavy atom. The Morgan fingerprint density at radius 1 is 1.07 bits per heavy atom. The van der Waals surface area contributed by atoms with Gasteiger partial charge >= 0.3 is 18.1 Å². The topological polar surface area (TPSA) is 89.5 Å². The molecule has 5 rings (SSSR count). The van der Waals surface area contributed by atoms with Crippen LogP contribution in [0.1, 0.15) is 49.9 Å². The summed E-state index contributed by atoms with van der Waals surface area (Å²) in [7, 11) is 0. The van der Waals surface area contributed by atoms with E-state index in [4.69, 9.17) is 21.1 Å². The third-order valence-corrected chi connectivity index (χ3v) is 8.84. The van der Waals surface area contributed by atoms with Crippen molar-refractivity contribution in [2.24, 2.45) is 17.8 Å². The first-order valence-corrected chi connectivity index (χ1v) is 15.1. The van der Waals surface area contributed by atoms with Crippen LogP contribution in [0.4, 0.5) is 18.0 Å².